The molecule has 17 heavy (non-hydrogen) atoms. The first-order valence-corrected chi connectivity index (χ1v) is 6.94. The summed E-state index contributed by atoms with van der Waals surface area (Å²) in [6, 6.07) is 8.83. The van der Waals surface area contributed by atoms with Gasteiger partial charge in [0.1, 0.15) is 6.07 Å². The van der Waals surface area contributed by atoms with E-state index in [0.717, 1.165) is 15.7 Å². The Bertz CT molecular complexity index is 430. The molecule has 0 saturated heterocycles. The molecule has 0 atom stereocenters. The van der Waals surface area contributed by atoms with Gasteiger partial charge in [-0.1, -0.05) is 35.2 Å². The number of halogens is 1. The van der Waals surface area contributed by atoms with Gasteiger partial charge < -0.3 is 4.90 Å². The van der Waals surface area contributed by atoms with Gasteiger partial charge in [0.05, 0.1) is 11.3 Å². The lowest BCUT2D eigenvalue weighted by molar-refractivity contribution is 0.427. The third-order valence-corrected chi connectivity index (χ3v) is 4.07. The highest BCUT2D eigenvalue weighted by Gasteiger charge is 2.20. The number of anilines is 1. The summed E-state index contributed by atoms with van der Waals surface area (Å²) in [6.07, 6.45) is 6.48. The molecule has 1 fully saturated rings. The smallest absolute Gasteiger partial charge is 0.101 e. The average Bonchev–Trinajstić information content (AvgIpc) is 2.39. The van der Waals surface area contributed by atoms with E-state index in [4.69, 9.17) is 0 Å². The van der Waals surface area contributed by atoms with Crippen molar-refractivity contribution in [3.63, 3.8) is 0 Å². The molecular formula is C14H17BrN2. The highest BCUT2D eigenvalue weighted by atomic mass is 79.9. The second-order valence-corrected chi connectivity index (χ2v) is 5.59. The molecule has 3 heteroatoms. The van der Waals surface area contributed by atoms with Gasteiger partial charge in [0.2, 0.25) is 0 Å². The summed E-state index contributed by atoms with van der Waals surface area (Å²) in [7, 11) is 2.11. The van der Waals surface area contributed by atoms with Gasteiger partial charge in [-0.05, 0) is 31.0 Å². The summed E-state index contributed by atoms with van der Waals surface area (Å²) in [5.74, 6) is 0. The first kappa shape index (κ1) is 12.4. The van der Waals surface area contributed by atoms with E-state index in [-0.39, 0.29) is 0 Å². The molecule has 2 nitrogen and oxygen atoms in total. The van der Waals surface area contributed by atoms with Gasteiger partial charge in [0, 0.05) is 17.6 Å². The maximum atomic E-state index is 9.19. The molecule has 0 unspecified atom stereocenters. The Hall–Kier alpha value is -1.01. The van der Waals surface area contributed by atoms with Crippen LogP contribution >= 0.6 is 15.9 Å². The van der Waals surface area contributed by atoms with Crippen LogP contribution in [0, 0.1) is 11.3 Å². The number of nitrogens with zero attached hydrogens (tertiary/aromatic N) is 2. The van der Waals surface area contributed by atoms with Gasteiger partial charge in [-0.2, -0.15) is 5.26 Å². The lowest BCUT2D eigenvalue weighted by atomic mass is 9.94. The van der Waals surface area contributed by atoms with Gasteiger partial charge in [-0.25, -0.2) is 0 Å². The number of hydrogen-bond donors (Lipinski definition) is 0. The third kappa shape index (κ3) is 2.81. The quantitative estimate of drug-likeness (QED) is 0.821. The molecule has 0 bridgehead atoms. The van der Waals surface area contributed by atoms with Crippen LogP contribution in [0.5, 0.6) is 0 Å². The van der Waals surface area contributed by atoms with Gasteiger partial charge >= 0.3 is 0 Å². The molecular weight excluding hydrogens is 276 g/mol. The molecule has 0 spiro atoms. The highest BCUT2D eigenvalue weighted by molar-refractivity contribution is 9.10. The minimum atomic E-state index is 0.594. The molecule has 0 aliphatic heterocycles. The summed E-state index contributed by atoms with van der Waals surface area (Å²) in [5.41, 5.74) is 1.81. The van der Waals surface area contributed by atoms with E-state index in [1.807, 2.05) is 18.2 Å². The molecule has 0 heterocycles. The van der Waals surface area contributed by atoms with Gasteiger partial charge in [0.15, 0.2) is 0 Å². The fourth-order valence-electron chi connectivity index (χ4n) is 2.57. The van der Waals surface area contributed by atoms with Gasteiger partial charge in [0.25, 0.3) is 0 Å². The fourth-order valence-corrected chi connectivity index (χ4v) is 2.93. The van der Waals surface area contributed by atoms with E-state index in [9.17, 15) is 5.26 Å². The fraction of sp³-hybridized carbons (Fsp3) is 0.500. The Morgan fingerprint density at radius 1 is 1.29 bits per heavy atom. The number of benzene rings is 1. The lowest BCUT2D eigenvalue weighted by Crippen LogP contribution is -2.33. The van der Waals surface area contributed by atoms with Crippen molar-refractivity contribution in [2.75, 3.05) is 11.9 Å². The van der Waals surface area contributed by atoms with Gasteiger partial charge in [-0.3, -0.25) is 0 Å². The first-order chi connectivity index (χ1) is 8.22. The summed E-state index contributed by atoms with van der Waals surface area (Å²) in [5, 5.41) is 9.19. The third-order valence-electron chi connectivity index (χ3n) is 3.58. The Morgan fingerprint density at radius 3 is 2.65 bits per heavy atom. The van der Waals surface area contributed by atoms with Crippen LogP contribution < -0.4 is 4.90 Å². The van der Waals surface area contributed by atoms with Crippen molar-refractivity contribution in [1.82, 2.24) is 0 Å². The van der Waals surface area contributed by atoms with E-state index < -0.39 is 0 Å². The molecule has 1 saturated carbocycles. The maximum absolute atomic E-state index is 9.19. The minimum absolute atomic E-state index is 0.594. The standard InChI is InChI=1S/C14H17BrN2/c1-17(13-5-3-2-4-6-13)14-8-7-12(15)9-11(14)10-16/h7-9,13H,2-6H2,1H3. The lowest BCUT2D eigenvalue weighted by Gasteiger charge is -2.33. The molecule has 0 aromatic heterocycles. The zero-order valence-electron chi connectivity index (χ0n) is 10.1. The van der Waals surface area contributed by atoms with Crippen LogP contribution in [0.4, 0.5) is 5.69 Å². The van der Waals surface area contributed by atoms with Crippen molar-refractivity contribution in [1.29, 1.82) is 5.26 Å². The highest BCUT2D eigenvalue weighted by Crippen LogP contribution is 2.29. The van der Waals surface area contributed by atoms with Gasteiger partial charge in [-0.15, -0.1) is 0 Å². The maximum Gasteiger partial charge on any atom is 0.101 e. The van der Waals surface area contributed by atoms with Crippen LogP contribution in [-0.4, -0.2) is 13.1 Å². The van der Waals surface area contributed by atoms with E-state index in [1.54, 1.807) is 0 Å². The van der Waals surface area contributed by atoms with Crippen LogP contribution in [0.1, 0.15) is 37.7 Å². The van der Waals surface area contributed by atoms with Crippen molar-refractivity contribution in [2.45, 2.75) is 38.1 Å². The van der Waals surface area contributed by atoms with Crippen molar-refractivity contribution in [3.8, 4) is 6.07 Å². The zero-order valence-corrected chi connectivity index (χ0v) is 11.7. The van der Waals surface area contributed by atoms with E-state index >= 15 is 0 Å². The molecule has 1 aliphatic carbocycles. The van der Waals surface area contributed by atoms with E-state index in [2.05, 4.69) is 33.9 Å². The molecule has 2 rings (SSSR count). The number of rotatable bonds is 2. The van der Waals surface area contributed by atoms with Crippen LogP contribution in [0.25, 0.3) is 0 Å². The van der Waals surface area contributed by atoms with Crippen molar-refractivity contribution in [2.24, 2.45) is 0 Å². The monoisotopic (exact) mass is 292 g/mol. The van der Waals surface area contributed by atoms with Crippen molar-refractivity contribution in [3.05, 3.63) is 28.2 Å². The van der Waals surface area contributed by atoms with Crippen molar-refractivity contribution < 1.29 is 0 Å². The Morgan fingerprint density at radius 2 is 2.00 bits per heavy atom. The zero-order chi connectivity index (χ0) is 12.3. The van der Waals surface area contributed by atoms with Crippen LogP contribution in [-0.2, 0) is 0 Å². The average molecular weight is 293 g/mol. The molecule has 0 N–H and O–H groups in total. The molecule has 0 radical (unpaired) electrons. The Balaban J connectivity index is 2.23. The molecule has 1 aromatic carbocycles. The van der Waals surface area contributed by atoms with E-state index in [0.29, 0.717) is 6.04 Å². The summed E-state index contributed by atoms with van der Waals surface area (Å²) in [4.78, 5) is 2.28. The molecule has 90 valence electrons. The van der Waals surface area contributed by atoms with Crippen LogP contribution in [0.2, 0.25) is 0 Å². The predicted molar refractivity (Wildman–Crippen MR) is 74.1 cm³/mol. The summed E-state index contributed by atoms with van der Waals surface area (Å²) >= 11 is 3.41. The van der Waals surface area contributed by atoms with Crippen molar-refractivity contribution >= 4 is 21.6 Å². The van der Waals surface area contributed by atoms with Crippen LogP contribution in [0.15, 0.2) is 22.7 Å². The predicted octanol–water partition coefficient (Wildman–Crippen LogP) is 4.09. The second-order valence-electron chi connectivity index (χ2n) is 4.68. The first-order valence-electron chi connectivity index (χ1n) is 6.15. The Kier molecular flexibility index (Phi) is 4.06. The SMILES string of the molecule is CN(c1ccc(Br)cc1C#N)C1CCCCC1. The summed E-state index contributed by atoms with van der Waals surface area (Å²) < 4.78 is 0.967. The molecule has 1 aromatic rings. The largest absolute Gasteiger partial charge is 0.371 e. The molecule has 1 aliphatic rings. The minimum Gasteiger partial charge on any atom is -0.371 e. The number of nitriles is 1. The molecule has 0 amide bonds. The number of hydrogen-bond acceptors (Lipinski definition) is 2. The normalized spacial score (nSPS) is 16.5. The second kappa shape index (κ2) is 5.55. The van der Waals surface area contributed by atoms with E-state index in [1.165, 1.54) is 32.1 Å². The topological polar surface area (TPSA) is 27.0 Å². The summed E-state index contributed by atoms with van der Waals surface area (Å²) in [6.45, 7) is 0. The Labute approximate surface area is 111 Å². The van der Waals surface area contributed by atoms with Crippen LogP contribution in [0.3, 0.4) is 0 Å².